The van der Waals surface area contributed by atoms with Crippen LogP contribution in [0.3, 0.4) is 0 Å². The van der Waals surface area contributed by atoms with Crippen molar-refractivity contribution in [2.24, 2.45) is 5.41 Å². The minimum atomic E-state index is -0.464. The highest BCUT2D eigenvalue weighted by Crippen LogP contribution is 2.11. The van der Waals surface area contributed by atoms with Gasteiger partial charge < -0.3 is 10.1 Å². The number of amides is 1. The zero-order valence-electron chi connectivity index (χ0n) is 9.09. The lowest BCUT2D eigenvalue weighted by Crippen LogP contribution is -2.38. The molecule has 1 amide bonds. The van der Waals surface area contributed by atoms with Crippen molar-refractivity contribution in [2.75, 3.05) is 13.7 Å². The van der Waals surface area contributed by atoms with Crippen molar-refractivity contribution in [1.29, 1.82) is 0 Å². The molecular formula is C10H17NO3. The Morgan fingerprint density at radius 3 is 2.00 bits per heavy atom. The van der Waals surface area contributed by atoms with Crippen LogP contribution < -0.4 is 5.32 Å². The number of hydrogen-bond donors (Lipinski definition) is 1. The number of carbonyl (C=O) groups is 2. The molecule has 0 aliphatic rings. The van der Waals surface area contributed by atoms with E-state index in [4.69, 9.17) is 0 Å². The molecule has 0 saturated carbocycles. The van der Waals surface area contributed by atoms with Crippen molar-refractivity contribution in [3.63, 3.8) is 0 Å². The van der Waals surface area contributed by atoms with E-state index in [0.717, 1.165) is 0 Å². The monoisotopic (exact) mass is 199 g/mol. The lowest BCUT2D eigenvalue weighted by molar-refractivity contribution is -0.142. The van der Waals surface area contributed by atoms with Crippen LogP contribution in [-0.2, 0) is 14.3 Å². The molecule has 0 aliphatic carbocycles. The third kappa shape index (κ3) is 7.17. The molecule has 0 aromatic rings. The van der Waals surface area contributed by atoms with Crippen molar-refractivity contribution in [1.82, 2.24) is 5.32 Å². The van der Waals surface area contributed by atoms with E-state index in [1.54, 1.807) is 20.8 Å². The first-order chi connectivity index (χ1) is 6.38. The number of rotatable bonds is 2. The molecule has 0 saturated heterocycles. The molecule has 80 valence electrons. The van der Waals surface area contributed by atoms with Crippen molar-refractivity contribution in [2.45, 2.75) is 20.8 Å². The van der Waals surface area contributed by atoms with Crippen LogP contribution in [0.5, 0.6) is 0 Å². The maximum atomic E-state index is 11.2. The first-order valence-corrected chi connectivity index (χ1v) is 4.06. The third-order valence-electron chi connectivity index (χ3n) is 1.30. The van der Waals surface area contributed by atoms with Crippen LogP contribution in [0.25, 0.3) is 0 Å². The zero-order valence-corrected chi connectivity index (χ0v) is 9.09. The fraction of sp³-hybridized carbons (Fsp3) is 0.600. The molecule has 0 unspecified atom stereocenters. The van der Waals surface area contributed by atoms with Crippen LogP contribution >= 0.6 is 0 Å². The molecule has 4 heteroatoms. The number of carbonyl (C=O) groups excluding carboxylic acids is 2. The SMILES string of the molecule is C#C.COC(=O)CNC(=O)C(C)(C)C. The van der Waals surface area contributed by atoms with Gasteiger partial charge in [-0.2, -0.15) is 0 Å². The molecule has 0 atom stereocenters. The van der Waals surface area contributed by atoms with E-state index in [-0.39, 0.29) is 12.5 Å². The van der Waals surface area contributed by atoms with E-state index in [2.05, 4.69) is 22.9 Å². The number of terminal acetylenes is 1. The van der Waals surface area contributed by atoms with Gasteiger partial charge in [0.2, 0.25) is 5.91 Å². The van der Waals surface area contributed by atoms with Gasteiger partial charge in [0.15, 0.2) is 0 Å². The molecule has 0 fully saturated rings. The van der Waals surface area contributed by atoms with Crippen LogP contribution in [0.4, 0.5) is 0 Å². The highest BCUT2D eigenvalue weighted by molar-refractivity contribution is 5.85. The van der Waals surface area contributed by atoms with Gasteiger partial charge in [-0.05, 0) is 0 Å². The van der Waals surface area contributed by atoms with Gasteiger partial charge in [0.05, 0.1) is 7.11 Å². The number of hydrogen-bond acceptors (Lipinski definition) is 3. The Labute approximate surface area is 85.0 Å². The molecule has 0 bridgehead atoms. The largest absolute Gasteiger partial charge is 0.468 e. The van der Waals surface area contributed by atoms with E-state index in [0.29, 0.717) is 0 Å². The van der Waals surface area contributed by atoms with E-state index in [9.17, 15) is 9.59 Å². The second-order valence-electron chi connectivity index (χ2n) is 3.51. The van der Waals surface area contributed by atoms with E-state index < -0.39 is 11.4 Å². The summed E-state index contributed by atoms with van der Waals surface area (Å²) in [7, 11) is 1.28. The molecule has 0 aliphatic heterocycles. The van der Waals surface area contributed by atoms with E-state index in [1.165, 1.54) is 7.11 Å². The Hall–Kier alpha value is -1.50. The Morgan fingerprint density at radius 2 is 1.71 bits per heavy atom. The normalized spacial score (nSPS) is 9.29. The molecule has 0 rings (SSSR count). The fourth-order valence-electron chi connectivity index (χ4n) is 0.490. The molecular weight excluding hydrogens is 182 g/mol. The first kappa shape index (κ1) is 15.0. The molecule has 1 N–H and O–H groups in total. The van der Waals surface area contributed by atoms with Crippen LogP contribution in [0, 0.1) is 18.3 Å². The summed E-state index contributed by atoms with van der Waals surface area (Å²) in [5.74, 6) is -0.597. The summed E-state index contributed by atoms with van der Waals surface area (Å²) in [4.78, 5) is 21.8. The summed E-state index contributed by atoms with van der Waals surface area (Å²) in [5.41, 5.74) is -0.464. The van der Waals surface area contributed by atoms with Gasteiger partial charge in [0, 0.05) is 5.41 Å². The number of methoxy groups -OCH3 is 1. The second kappa shape index (κ2) is 6.96. The Balaban J connectivity index is 0. The molecule has 4 nitrogen and oxygen atoms in total. The van der Waals surface area contributed by atoms with Crippen molar-refractivity contribution in [3.05, 3.63) is 0 Å². The molecule has 0 radical (unpaired) electrons. The van der Waals surface area contributed by atoms with Gasteiger partial charge >= 0.3 is 5.97 Å². The minimum Gasteiger partial charge on any atom is -0.468 e. The summed E-state index contributed by atoms with van der Waals surface area (Å²) in [6.07, 6.45) is 8.00. The quantitative estimate of drug-likeness (QED) is 0.522. The fourth-order valence-corrected chi connectivity index (χ4v) is 0.490. The summed E-state index contributed by atoms with van der Waals surface area (Å²) < 4.78 is 4.36. The van der Waals surface area contributed by atoms with E-state index in [1.807, 2.05) is 0 Å². The summed E-state index contributed by atoms with van der Waals surface area (Å²) >= 11 is 0. The van der Waals surface area contributed by atoms with Crippen molar-refractivity contribution >= 4 is 11.9 Å². The molecule has 0 heterocycles. The Bertz CT molecular complexity index is 213. The van der Waals surface area contributed by atoms with Crippen LogP contribution in [-0.4, -0.2) is 25.5 Å². The van der Waals surface area contributed by atoms with Crippen LogP contribution in [0.1, 0.15) is 20.8 Å². The van der Waals surface area contributed by atoms with Gasteiger partial charge in [0.1, 0.15) is 6.54 Å². The summed E-state index contributed by atoms with van der Waals surface area (Å²) in [6.45, 7) is 5.27. The topological polar surface area (TPSA) is 55.4 Å². The first-order valence-electron chi connectivity index (χ1n) is 4.06. The lowest BCUT2D eigenvalue weighted by Gasteiger charge is -2.16. The van der Waals surface area contributed by atoms with Gasteiger partial charge in [-0.15, -0.1) is 12.8 Å². The van der Waals surface area contributed by atoms with Gasteiger partial charge in [-0.1, -0.05) is 20.8 Å². The zero-order chi connectivity index (χ0) is 11.8. The predicted molar refractivity (Wildman–Crippen MR) is 54.4 cm³/mol. The Morgan fingerprint density at radius 1 is 1.29 bits per heavy atom. The molecule has 0 spiro atoms. The van der Waals surface area contributed by atoms with Gasteiger partial charge in [0.25, 0.3) is 0 Å². The number of ether oxygens (including phenoxy) is 1. The van der Waals surface area contributed by atoms with Crippen molar-refractivity contribution in [3.8, 4) is 12.8 Å². The number of nitrogens with one attached hydrogen (secondary N) is 1. The van der Waals surface area contributed by atoms with Gasteiger partial charge in [-0.3, -0.25) is 9.59 Å². The lowest BCUT2D eigenvalue weighted by atomic mass is 9.96. The number of esters is 1. The van der Waals surface area contributed by atoms with Crippen LogP contribution in [0.2, 0.25) is 0 Å². The minimum absolute atomic E-state index is 0.0629. The second-order valence-corrected chi connectivity index (χ2v) is 3.51. The van der Waals surface area contributed by atoms with Gasteiger partial charge in [-0.25, -0.2) is 0 Å². The standard InChI is InChI=1S/C8H15NO3.C2H2/c1-8(2,3)7(11)9-5-6(10)12-4;1-2/h5H2,1-4H3,(H,9,11);1-2H. The molecule has 0 aromatic heterocycles. The third-order valence-corrected chi connectivity index (χ3v) is 1.30. The predicted octanol–water partition coefficient (Wildman–Crippen LogP) is 0.571. The van der Waals surface area contributed by atoms with Crippen LogP contribution in [0.15, 0.2) is 0 Å². The average Bonchev–Trinajstić information content (AvgIpc) is 2.15. The average molecular weight is 199 g/mol. The highest BCUT2D eigenvalue weighted by Gasteiger charge is 2.21. The molecule has 0 aromatic carbocycles. The summed E-state index contributed by atoms with van der Waals surface area (Å²) in [6, 6.07) is 0. The smallest absolute Gasteiger partial charge is 0.325 e. The summed E-state index contributed by atoms with van der Waals surface area (Å²) in [5, 5.41) is 2.46. The Kier molecular flexibility index (Phi) is 7.45. The maximum absolute atomic E-state index is 11.2. The molecule has 14 heavy (non-hydrogen) atoms. The van der Waals surface area contributed by atoms with E-state index >= 15 is 0 Å². The maximum Gasteiger partial charge on any atom is 0.325 e. The highest BCUT2D eigenvalue weighted by atomic mass is 16.5. The van der Waals surface area contributed by atoms with Crippen molar-refractivity contribution < 1.29 is 14.3 Å².